The molecule has 0 radical (unpaired) electrons. The van der Waals surface area contributed by atoms with Crippen molar-refractivity contribution in [1.29, 1.82) is 0 Å². The summed E-state index contributed by atoms with van der Waals surface area (Å²) in [5.74, 6) is -0.923. The molecule has 0 atom stereocenters. The molecule has 1 fully saturated rings. The lowest BCUT2D eigenvalue weighted by Gasteiger charge is -2.31. The molecule has 0 aliphatic carbocycles. The summed E-state index contributed by atoms with van der Waals surface area (Å²) in [6.07, 6.45) is 1.31. The highest BCUT2D eigenvalue weighted by Crippen LogP contribution is 2.16. The van der Waals surface area contributed by atoms with Gasteiger partial charge in [0.25, 0.3) is 5.91 Å². The maximum Gasteiger partial charge on any atom is 0.329 e. The summed E-state index contributed by atoms with van der Waals surface area (Å²) in [6.45, 7) is 2.91. The molecular weight excluding hydrogens is 258 g/mol. The monoisotopic (exact) mass is 277 g/mol. The first-order chi connectivity index (χ1) is 9.56. The van der Waals surface area contributed by atoms with E-state index in [9.17, 15) is 9.59 Å². The van der Waals surface area contributed by atoms with Crippen LogP contribution in [0.15, 0.2) is 24.3 Å². The van der Waals surface area contributed by atoms with Crippen LogP contribution in [0.5, 0.6) is 0 Å². The third-order valence-corrected chi connectivity index (χ3v) is 3.44. The smallest absolute Gasteiger partial charge is 0.329 e. The van der Waals surface area contributed by atoms with E-state index in [1.54, 1.807) is 4.90 Å². The van der Waals surface area contributed by atoms with Crippen LogP contribution in [0.25, 0.3) is 0 Å². The number of carboxylic acid groups (broad SMARTS) is 1. The summed E-state index contributed by atoms with van der Waals surface area (Å²) in [6, 6.07) is 7.55. The number of aryl methyl sites for hydroxylation is 1. The van der Waals surface area contributed by atoms with E-state index in [-0.39, 0.29) is 18.6 Å². The van der Waals surface area contributed by atoms with E-state index >= 15 is 0 Å². The Hall–Kier alpha value is -1.88. The Kier molecular flexibility index (Phi) is 4.74. The number of carboxylic acids is 1. The summed E-state index contributed by atoms with van der Waals surface area (Å²) in [4.78, 5) is 24.6. The third-order valence-electron chi connectivity index (χ3n) is 3.44. The van der Waals surface area contributed by atoms with Crippen molar-refractivity contribution in [3.8, 4) is 0 Å². The predicted octanol–water partition coefficient (Wildman–Crippen LogP) is 1.70. The van der Waals surface area contributed by atoms with Gasteiger partial charge in [0.05, 0.1) is 6.10 Å². The van der Waals surface area contributed by atoms with Gasteiger partial charge in [-0.3, -0.25) is 4.79 Å². The molecule has 1 saturated heterocycles. The number of amides is 1. The quantitative estimate of drug-likeness (QED) is 0.909. The minimum absolute atomic E-state index is 0.0328. The molecule has 108 valence electrons. The number of benzene rings is 1. The summed E-state index contributed by atoms with van der Waals surface area (Å²) in [7, 11) is 0. The number of piperidine rings is 1. The van der Waals surface area contributed by atoms with E-state index in [2.05, 4.69) is 0 Å². The number of carbonyl (C=O) groups is 2. The standard InChI is InChI=1S/C15H19NO4/c1-11-3-2-4-12(9-11)15(19)16-7-5-13(6-8-16)20-10-14(17)18/h2-4,9,13H,5-8,10H2,1H3,(H,17,18). The molecule has 0 spiro atoms. The molecule has 2 rings (SSSR count). The first-order valence-electron chi connectivity index (χ1n) is 6.75. The van der Waals surface area contributed by atoms with Gasteiger partial charge < -0.3 is 14.7 Å². The van der Waals surface area contributed by atoms with Crippen LogP contribution in [0.4, 0.5) is 0 Å². The minimum atomic E-state index is -0.955. The van der Waals surface area contributed by atoms with Gasteiger partial charge in [0, 0.05) is 18.7 Å². The Bertz CT molecular complexity index is 492. The molecule has 1 aromatic carbocycles. The number of likely N-dealkylation sites (tertiary alicyclic amines) is 1. The van der Waals surface area contributed by atoms with Crippen molar-refractivity contribution in [3.63, 3.8) is 0 Å². The Balaban J connectivity index is 1.87. The second-order valence-corrected chi connectivity index (χ2v) is 5.07. The zero-order chi connectivity index (χ0) is 14.5. The molecule has 1 aliphatic rings. The van der Waals surface area contributed by atoms with Gasteiger partial charge in [-0.25, -0.2) is 4.79 Å². The topological polar surface area (TPSA) is 66.8 Å². The molecule has 1 aromatic rings. The van der Waals surface area contributed by atoms with Gasteiger partial charge in [-0.05, 0) is 31.9 Å². The molecule has 0 unspecified atom stereocenters. The maximum absolute atomic E-state index is 12.3. The van der Waals surface area contributed by atoms with Crippen LogP contribution in [0, 0.1) is 6.92 Å². The molecule has 20 heavy (non-hydrogen) atoms. The molecule has 5 heteroatoms. The molecule has 0 aromatic heterocycles. The fourth-order valence-electron chi connectivity index (χ4n) is 2.38. The van der Waals surface area contributed by atoms with Crippen molar-refractivity contribution in [1.82, 2.24) is 4.90 Å². The van der Waals surface area contributed by atoms with Crippen LogP contribution in [0.1, 0.15) is 28.8 Å². The summed E-state index contributed by atoms with van der Waals surface area (Å²) < 4.78 is 5.26. The van der Waals surface area contributed by atoms with Gasteiger partial charge in [0.1, 0.15) is 6.61 Å². The number of ether oxygens (including phenoxy) is 1. The van der Waals surface area contributed by atoms with Crippen LogP contribution in [0.2, 0.25) is 0 Å². The zero-order valence-corrected chi connectivity index (χ0v) is 11.5. The molecule has 0 saturated carbocycles. The van der Waals surface area contributed by atoms with Gasteiger partial charge >= 0.3 is 5.97 Å². The molecule has 1 aliphatic heterocycles. The maximum atomic E-state index is 12.3. The fraction of sp³-hybridized carbons (Fsp3) is 0.467. The minimum Gasteiger partial charge on any atom is -0.480 e. The highest BCUT2D eigenvalue weighted by atomic mass is 16.5. The van der Waals surface area contributed by atoms with Crippen molar-refractivity contribution < 1.29 is 19.4 Å². The van der Waals surface area contributed by atoms with E-state index in [0.717, 1.165) is 5.56 Å². The van der Waals surface area contributed by atoms with Crippen LogP contribution >= 0.6 is 0 Å². The summed E-state index contributed by atoms with van der Waals surface area (Å²) >= 11 is 0. The lowest BCUT2D eigenvalue weighted by atomic mass is 10.1. The number of aliphatic carboxylic acids is 1. The van der Waals surface area contributed by atoms with E-state index in [0.29, 0.717) is 31.5 Å². The van der Waals surface area contributed by atoms with E-state index in [4.69, 9.17) is 9.84 Å². The van der Waals surface area contributed by atoms with Crippen molar-refractivity contribution in [2.75, 3.05) is 19.7 Å². The van der Waals surface area contributed by atoms with Gasteiger partial charge in [0.2, 0.25) is 0 Å². The normalized spacial score (nSPS) is 16.1. The Morgan fingerprint density at radius 1 is 1.35 bits per heavy atom. The van der Waals surface area contributed by atoms with Crippen molar-refractivity contribution in [2.45, 2.75) is 25.9 Å². The average Bonchev–Trinajstić information content (AvgIpc) is 2.45. The molecule has 1 amide bonds. The Morgan fingerprint density at radius 2 is 2.05 bits per heavy atom. The SMILES string of the molecule is Cc1cccc(C(=O)N2CCC(OCC(=O)O)CC2)c1. The molecular formula is C15H19NO4. The van der Waals surface area contributed by atoms with Gasteiger partial charge in [-0.2, -0.15) is 0 Å². The lowest BCUT2D eigenvalue weighted by molar-refractivity contribution is -0.145. The second-order valence-electron chi connectivity index (χ2n) is 5.07. The number of hydrogen-bond donors (Lipinski definition) is 1. The van der Waals surface area contributed by atoms with Gasteiger partial charge in [-0.1, -0.05) is 17.7 Å². The number of rotatable bonds is 4. The first-order valence-corrected chi connectivity index (χ1v) is 6.75. The Labute approximate surface area is 118 Å². The highest BCUT2D eigenvalue weighted by Gasteiger charge is 2.24. The highest BCUT2D eigenvalue weighted by molar-refractivity contribution is 5.94. The summed E-state index contributed by atoms with van der Waals surface area (Å²) in [5.41, 5.74) is 1.77. The molecule has 1 N–H and O–H groups in total. The number of carbonyl (C=O) groups excluding carboxylic acids is 1. The zero-order valence-electron chi connectivity index (χ0n) is 11.5. The van der Waals surface area contributed by atoms with Crippen LogP contribution in [0.3, 0.4) is 0 Å². The van der Waals surface area contributed by atoms with Gasteiger partial charge in [0.15, 0.2) is 0 Å². The third kappa shape index (κ3) is 3.81. The van der Waals surface area contributed by atoms with Crippen LogP contribution < -0.4 is 0 Å². The first kappa shape index (κ1) is 14.5. The molecule has 0 bridgehead atoms. The molecule has 1 heterocycles. The van der Waals surface area contributed by atoms with E-state index in [1.807, 2.05) is 31.2 Å². The van der Waals surface area contributed by atoms with Crippen LogP contribution in [-0.4, -0.2) is 47.7 Å². The lowest BCUT2D eigenvalue weighted by Crippen LogP contribution is -2.41. The van der Waals surface area contributed by atoms with Crippen molar-refractivity contribution in [3.05, 3.63) is 35.4 Å². The van der Waals surface area contributed by atoms with E-state index < -0.39 is 5.97 Å². The summed E-state index contributed by atoms with van der Waals surface area (Å²) in [5, 5.41) is 8.57. The number of hydrogen-bond acceptors (Lipinski definition) is 3. The second kappa shape index (κ2) is 6.52. The predicted molar refractivity (Wildman–Crippen MR) is 73.7 cm³/mol. The van der Waals surface area contributed by atoms with E-state index in [1.165, 1.54) is 0 Å². The van der Waals surface area contributed by atoms with Crippen LogP contribution in [-0.2, 0) is 9.53 Å². The van der Waals surface area contributed by atoms with Crippen molar-refractivity contribution in [2.24, 2.45) is 0 Å². The Morgan fingerprint density at radius 3 is 2.65 bits per heavy atom. The van der Waals surface area contributed by atoms with Crippen molar-refractivity contribution >= 4 is 11.9 Å². The molecule has 5 nitrogen and oxygen atoms in total. The number of nitrogens with zero attached hydrogens (tertiary/aromatic N) is 1. The van der Waals surface area contributed by atoms with Gasteiger partial charge in [-0.15, -0.1) is 0 Å². The largest absolute Gasteiger partial charge is 0.480 e. The average molecular weight is 277 g/mol. The fourth-order valence-corrected chi connectivity index (χ4v) is 2.38.